The van der Waals surface area contributed by atoms with Gasteiger partial charge in [-0.1, -0.05) is 36.4 Å². The van der Waals surface area contributed by atoms with Crippen molar-refractivity contribution in [3.63, 3.8) is 0 Å². The van der Waals surface area contributed by atoms with Crippen molar-refractivity contribution in [3.05, 3.63) is 102 Å². The normalized spacial score (nSPS) is 10.6. The zero-order chi connectivity index (χ0) is 22.0. The fraction of sp³-hybridized carbons (Fsp3) is 0.0417. The van der Waals surface area contributed by atoms with E-state index in [0.717, 1.165) is 11.1 Å². The van der Waals surface area contributed by atoms with Crippen LogP contribution in [0.2, 0.25) is 0 Å². The van der Waals surface area contributed by atoms with E-state index in [-0.39, 0.29) is 17.6 Å². The Hall–Kier alpha value is -4.26. The van der Waals surface area contributed by atoms with E-state index >= 15 is 0 Å². The minimum Gasteiger partial charge on any atom is -0.384 e. The van der Waals surface area contributed by atoms with Gasteiger partial charge < -0.3 is 11.1 Å². The number of nitrogens with two attached hydrogens (primary N) is 1. The second kappa shape index (κ2) is 8.23. The van der Waals surface area contributed by atoms with Crippen LogP contribution >= 0.6 is 0 Å². The van der Waals surface area contributed by atoms with Gasteiger partial charge in [0.25, 0.3) is 5.91 Å². The maximum atomic E-state index is 13.1. The van der Waals surface area contributed by atoms with Crippen LogP contribution in [-0.2, 0) is 0 Å². The maximum Gasteiger partial charge on any atom is 0.274 e. The summed E-state index contributed by atoms with van der Waals surface area (Å²) in [6.45, 7) is 1.81. The van der Waals surface area contributed by atoms with Crippen molar-refractivity contribution in [3.8, 4) is 16.8 Å². The molecule has 0 saturated carbocycles. The molecule has 0 aliphatic carbocycles. The lowest BCUT2D eigenvalue weighted by molar-refractivity contribution is 0.101. The SMILES string of the molecule is Cc1cc(C(=O)Nc2ccc(-c3ccc(F)cc3)cc2)n(-c2cccc(C(=N)N)c2)n1. The van der Waals surface area contributed by atoms with Crippen molar-refractivity contribution in [2.24, 2.45) is 5.73 Å². The largest absolute Gasteiger partial charge is 0.384 e. The Morgan fingerprint density at radius 2 is 1.65 bits per heavy atom. The molecule has 31 heavy (non-hydrogen) atoms. The van der Waals surface area contributed by atoms with Crippen LogP contribution in [0.15, 0.2) is 78.9 Å². The first-order valence-corrected chi connectivity index (χ1v) is 9.59. The highest BCUT2D eigenvalue weighted by Crippen LogP contribution is 2.22. The van der Waals surface area contributed by atoms with Crippen molar-refractivity contribution in [1.82, 2.24) is 9.78 Å². The molecule has 0 bridgehead atoms. The van der Waals surface area contributed by atoms with Gasteiger partial charge in [0.2, 0.25) is 0 Å². The molecule has 0 aliphatic heterocycles. The van der Waals surface area contributed by atoms with Crippen molar-refractivity contribution in [1.29, 1.82) is 5.41 Å². The van der Waals surface area contributed by atoms with Gasteiger partial charge in [-0.05, 0) is 60.5 Å². The van der Waals surface area contributed by atoms with Crippen LogP contribution in [0.4, 0.5) is 10.1 Å². The first-order valence-electron chi connectivity index (χ1n) is 9.59. The number of nitrogens with one attached hydrogen (secondary N) is 2. The molecule has 4 rings (SSSR count). The lowest BCUT2D eigenvalue weighted by Crippen LogP contribution is -2.17. The Kier molecular flexibility index (Phi) is 5.32. The number of amidine groups is 1. The molecular weight excluding hydrogens is 393 g/mol. The molecule has 1 heterocycles. The molecule has 3 aromatic carbocycles. The van der Waals surface area contributed by atoms with E-state index < -0.39 is 0 Å². The Morgan fingerprint density at radius 3 is 2.29 bits per heavy atom. The highest BCUT2D eigenvalue weighted by Gasteiger charge is 2.16. The smallest absolute Gasteiger partial charge is 0.274 e. The molecule has 154 valence electrons. The Balaban J connectivity index is 1.57. The van der Waals surface area contributed by atoms with Crippen molar-refractivity contribution < 1.29 is 9.18 Å². The number of amides is 1. The lowest BCUT2D eigenvalue weighted by atomic mass is 10.1. The molecular formula is C24H20FN5O. The Bertz CT molecular complexity index is 1260. The zero-order valence-corrected chi connectivity index (χ0v) is 16.8. The number of nitrogens with zero attached hydrogens (tertiary/aromatic N) is 2. The van der Waals surface area contributed by atoms with Gasteiger partial charge in [-0.15, -0.1) is 0 Å². The monoisotopic (exact) mass is 413 g/mol. The van der Waals surface area contributed by atoms with E-state index in [9.17, 15) is 9.18 Å². The minimum atomic E-state index is -0.316. The molecule has 0 unspecified atom stereocenters. The van der Waals surface area contributed by atoms with Gasteiger partial charge in [0, 0.05) is 11.3 Å². The molecule has 1 amide bonds. The van der Waals surface area contributed by atoms with Crippen LogP contribution in [0.25, 0.3) is 16.8 Å². The molecule has 0 spiro atoms. The Labute approximate surface area is 178 Å². The van der Waals surface area contributed by atoms with E-state index in [0.29, 0.717) is 28.3 Å². The van der Waals surface area contributed by atoms with E-state index in [1.807, 2.05) is 12.1 Å². The van der Waals surface area contributed by atoms with Gasteiger partial charge in [0.15, 0.2) is 0 Å². The summed E-state index contributed by atoms with van der Waals surface area (Å²) in [5, 5.41) is 14.9. The number of carbonyl (C=O) groups excluding carboxylic acids is 1. The number of aromatic nitrogens is 2. The van der Waals surface area contributed by atoms with Crippen molar-refractivity contribution in [2.75, 3.05) is 5.32 Å². The van der Waals surface area contributed by atoms with Crippen LogP contribution in [-0.4, -0.2) is 21.5 Å². The average Bonchev–Trinajstić information content (AvgIpc) is 3.17. The van der Waals surface area contributed by atoms with Gasteiger partial charge in [-0.3, -0.25) is 10.2 Å². The third-order valence-electron chi connectivity index (χ3n) is 4.79. The molecule has 4 aromatic rings. The zero-order valence-electron chi connectivity index (χ0n) is 16.8. The fourth-order valence-corrected chi connectivity index (χ4v) is 3.25. The number of hydrogen-bond acceptors (Lipinski definition) is 3. The summed E-state index contributed by atoms with van der Waals surface area (Å²) in [6.07, 6.45) is 0. The van der Waals surface area contributed by atoms with Crippen LogP contribution in [0, 0.1) is 18.2 Å². The summed E-state index contributed by atoms with van der Waals surface area (Å²) in [4.78, 5) is 13.0. The molecule has 1 aromatic heterocycles. The van der Waals surface area contributed by atoms with E-state index in [1.165, 1.54) is 16.8 Å². The third kappa shape index (κ3) is 4.35. The second-order valence-corrected chi connectivity index (χ2v) is 7.09. The summed E-state index contributed by atoms with van der Waals surface area (Å²) in [7, 11) is 0. The van der Waals surface area contributed by atoms with Crippen molar-refractivity contribution in [2.45, 2.75) is 6.92 Å². The van der Waals surface area contributed by atoms with Crippen LogP contribution in [0.5, 0.6) is 0 Å². The van der Waals surface area contributed by atoms with E-state index in [2.05, 4.69) is 10.4 Å². The van der Waals surface area contributed by atoms with Gasteiger partial charge in [0.1, 0.15) is 17.3 Å². The number of halogens is 1. The minimum absolute atomic E-state index is 0.0574. The summed E-state index contributed by atoms with van der Waals surface area (Å²) >= 11 is 0. The van der Waals surface area contributed by atoms with Gasteiger partial charge in [0.05, 0.1) is 11.4 Å². The van der Waals surface area contributed by atoms with E-state index in [1.54, 1.807) is 61.5 Å². The number of nitrogen functional groups attached to an aromatic ring is 1. The summed E-state index contributed by atoms with van der Waals surface area (Å²) in [5.41, 5.74) is 10.2. The molecule has 7 heteroatoms. The molecule has 0 fully saturated rings. The quantitative estimate of drug-likeness (QED) is 0.331. The van der Waals surface area contributed by atoms with E-state index in [4.69, 9.17) is 11.1 Å². The molecule has 6 nitrogen and oxygen atoms in total. The number of hydrogen-bond donors (Lipinski definition) is 3. The van der Waals surface area contributed by atoms with Gasteiger partial charge in [-0.25, -0.2) is 9.07 Å². The summed E-state index contributed by atoms with van der Waals surface area (Å²) < 4.78 is 14.7. The third-order valence-corrected chi connectivity index (χ3v) is 4.79. The van der Waals surface area contributed by atoms with Gasteiger partial charge in [-0.2, -0.15) is 5.10 Å². The van der Waals surface area contributed by atoms with Crippen LogP contribution in [0.3, 0.4) is 0 Å². The number of anilines is 1. The number of aryl methyl sites for hydroxylation is 1. The average molecular weight is 413 g/mol. The Morgan fingerprint density at radius 1 is 1.00 bits per heavy atom. The van der Waals surface area contributed by atoms with Crippen LogP contribution < -0.4 is 11.1 Å². The maximum absolute atomic E-state index is 13.1. The lowest BCUT2D eigenvalue weighted by Gasteiger charge is -2.10. The topological polar surface area (TPSA) is 96.8 Å². The first-order chi connectivity index (χ1) is 14.9. The summed E-state index contributed by atoms with van der Waals surface area (Å²) in [5.74, 6) is -0.658. The molecule has 4 N–H and O–H groups in total. The van der Waals surface area contributed by atoms with Crippen molar-refractivity contribution >= 4 is 17.4 Å². The molecule has 0 saturated heterocycles. The second-order valence-electron chi connectivity index (χ2n) is 7.09. The van der Waals surface area contributed by atoms with Gasteiger partial charge >= 0.3 is 0 Å². The molecule has 0 radical (unpaired) electrons. The predicted molar refractivity (Wildman–Crippen MR) is 119 cm³/mol. The number of benzene rings is 3. The number of rotatable bonds is 5. The molecule has 0 aliphatic rings. The van der Waals surface area contributed by atoms with Crippen LogP contribution in [0.1, 0.15) is 21.7 Å². The molecule has 0 atom stereocenters. The number of carbonyl (C=O) groups is 1. The predicted octanol–water partition coefficient (Wildman–Crippen LogP) is 4.52. The standard InChI is InChI=1S/C24H20FN5O/c1-15-13-22(30(29-15)21-4-2-3-18(14-21)23(26)27)24(31)28-20-11-7-17(8-12-20)16-5-9-19(25)10-6-16/h2-14H,1H3,(H3,26,27)(H,28,31). The highest BCUT2D eigenvalue weighted by atomic mass is 19.1. The summed E-state index contributed by atoms with van der Waals surface area (Å²) in [6, 6.07) is 22.2. The highest BCUT2D eigenvalue weighted by molar-refractivity contribution is 6.03. The fourth-order valence-electron chi connectivity index (χ4n) is 3.25. The first kappa shape index (κ1) is 20.0.